The number of esters is 1. The van der Waals surface area contributed by atoms with Crippen molar-refractivity contribution in [1.82, 2.24) is 0 Å². The molecule has 1 atom stereocenters. The molecule has 0 spiro atoms. The fourth-order valence-electron chi connectivity index (χ4n) is 0.593. The minimum absolute atomic E-state index is 0.275. The number of carboxylic acids is 1. The van der Waals surface area contributed by atoms with Crippen molar-refractivity contribution in [3.05, 3.63) is 12.2 Å². The van der Waals surface area contributed by atoms with E-state index < -0.39 is 11.9 Å². The molecule has 1 N–H and O–H groups in total. The molecule has 0 aliphatic rings. The van der Waals surface area contributed by atoms with Crippen molar-refractivity contribution < 1.29 is 19.4 Å². The second kappa shape index (κ2) is 6.18. The zero-order chi connectivity index (χ0) is 11.1. The molecule has 0 rings (SSSR count). The minimum atomic E-state index is -1.15. The van der Waals surface area contributed by atoms with Gasteiger partial charge in [0.15, 0.2) is 0 Å². The van der Waals surface area contributed by atoms with Crippen molar-refractivity contribution >= 4 is 11.9 Å². The van der Waals surface area contributed by atoms with Crippen LogP contribution in [0.1, 0.15) is 20.8 Å². The molecular weight excluding hydrogens is 184 g/mol. The fraction of sp³-hybridized carbons (Fsp3) is 0.600. The Morgan fingerprint density at radius 1 is 1.29 bits per heavy atom. The second-order valence-electron chi connectivity index (χ2n) is 3.52. The Morgan fingerprint density at radius 3 is 2.29 bits per heavy atom. The lowest BCUT2D eigenvalue weighted by atomic mass is 9.99. The van der Waals surface area contributed by atoms with E-state index >= 15 is 0 Å². The summed E-state index contributed by atoms with van der Waals surface area (Å²) in [4.78, 5) is 21.0. The number of rotatable bonds is 5. The van der Waals surface area contributed by atoms with Crippen molar-refractivity contribution in [1.29, 1.82) is 0 Å². The number of carbonyl (C=O) groups excluding carboxylic acids is 1. The van der Waals surface area contributed by atoms with Crippen molar-refractivity contribution in [3.63, 3.8) is 0 Å². The first-order chi connectivity index (χ1) is 6.43. The molecule has 0 aromatic carbocycles. The number of carbonyl (C=O) groups is 2. The molecule has 0 aromatic heterocycles. The maximum absolute atomic E-state index is 10.9. The monoisotopic (exact) mass is 200 g/mol. The molecule has 0 radical (unpaired) electrons. The molecule has 0 saturated carbocycles. The standard InChI is InChI=1S/C10H16O4/c1-7(2)8(3)6-14-10(13)5-4-9(11)12/h4-5,7-8H,6H2,1-3H3,(H,11,12)/b5-4-. The molecule has 0 aromatic rings. The molecule has 4 nitrogen and oxygen atoms in total. The van der Waals surface area contributed by atoms with Gasteiger partial charge in [-0.1, -0.05) is 20.8 Å². The predicted octanol–water partition coefficient (Wildman–Crippen LogP) is 1.46. The molecule has 14 heavy (non-hydrogen) atoms. The van der Waals surface area contributed by atoms with Crippen molar-refractivity contribution in [3.8, 4) is 0 Å². The smallest absolute Gasteiger partial charge is 0.331 e. The maximum Gasteiger partial charge on any atom is 0.331 e. The van der Waals surface area contributed by atoms with Crippen LogP contribution in [0.4, 0.5) is 0 Å². The van der Waals surface area contributed by atoms with E-state index in [1.807, 2.05) is 20.8 Å². The number of hydrogen-bond acceptors (Lipinski definition) is 3. The van der Waals surface area contributed by atoms with Gasteiger partial charge in [0.1, 0.15) is 0 Å². The Morgan fingerprint density at radius 2 is 1.86 bits per heavy atom. The first-order valence-corrected chi connectivity index (χ1v) is 4.51. The fourth-order valence-corrected chi connectivity index (χ4v) is 0.593. The van der Waals surface area contributed by atoms with Gasteiger partial charge in [0.25, 0.3) is 0 Å². The Labute approximate surface area is 83.6 Å². The largest absolute Gasteiger partial charge is 0.478 e. The van der Waals surface area contributed by atoms with Gasteiger partial charge in [-0.2, -0.15) is 0 Å². The minimum Gasteiger partial charge on any atom is -0.478 e. The van der Waals surface area contributed by atoms with Gasteiger partial charge in [-0.25, -0.2) is 9.59 Å². The summed E-state index contributed by atoms with van der Waals surface area (Å²) in [7, 11) is 0. The third-order valence-corrected chi connectivity index (χ3v) is 1.99. The lowest BCUT2D eigenvalue weighted by Crippen LogP contribution is -2.14. The summed E-state index contributed by atoms with van der Waals surface area (Å²) >= 11 is 0. The zero-order valence-electron chi connectivity index (χ0n) is 8.69. The molecule has 0 fully saturated rings. The predicted molar refractivity (Wildman–Crippen MR) is 51.7 cm³/mol. The molecule has 0 saturated heterocycles. The number of aliphatic carboxylic acids is 1. The van der Waals surface area contributed by atoms with Crippen LogP contribution in [-0.4, -0.2) is 23.7 Å². The first kappa shape index (κ1) is 12.7. The van der Waals surface area contributed by atoms with Gasteiger partial charge in [-0.15, -0.1) is 0 Å². The Kier molecular flexibility index (Phi) is 5.60. The molecule has 1 unspecified atom stereocenters. The molecule has 4 heteroatoms. The van der Waals surface area contributed by atoms with E-state index in [1.165, 1.54) is 0 Å². The highest BCUT2D eigenvalue weighted by atomic mass is 16.5. The van der Waals surface area contributed by atoms with E-state index in [0.717, 1.165) is 12.2 Å². The second-order valence-corrected chi connectivity index (χ2v) is 3.52. The van der Waals surface area contributed by atoms with E-state index in [-0.39, 0.29) is 5.92 Å². The van der Waals surface area contributed by atoms with Gasteiger partial charge in [0, 0.05) is 12.2 Å². The lowest BCUT2D eigenvalue weighted by Gasteiger charge is -2.14. The molecule has 0 aliphatic carbocycles. The molecular formula is C10H16O4. The molecule has 0 aliphatic heterocycles. The van der Waals surface area contributed by atoms with Crippen LogP contribution in [0.15, 0.2) is 12.2 Å². The van der Waals surface area contributed by atoms with Crippen LogP contribution in [0.3, 0.4) is 0 Å². The van der Waals surface area contributed by atoms with E-state index in [4.69, 9.17) is 9.84 Å². The normalized spacial score (nSPS) is 13.1. The average Bonchev–Trinajstić information content (AvgIpc) is 2.10. The van der Waals surface area contributed by atoms with E-state index in [1.54, 1.807) is 0 Å². The summed E-state index contributed by atoms with van der Waals surface area (Å²) < 4.78 is 4.83. The molecule has 0 amide bonds. The van der Waals surface area contributed by atoms with Crippen molar-refractivity contribution in [2.75, 3.05) is 6.61 Å². The van der Waals surface area contributed by atoms with Gasteiger partial charge in [-0.05, 0) is 11.8 Å². The van der Waals surface area contributed by atoms with Gasteiger partial charge in [0.05, 0.1) is 6.61 Å². The molecule has 80 valence electrons. The summed E-state index contributed by atoms with van der Waals surface area (Å²) in [5.41, 5.74) is 0. The highest BCUT2D eigenvalue weighted by molar-refractivity contribution is 5.90. The number of carboxylic acid groups (broad SMARTS) is 1. The van der Waals surface area contributed by atoms with Crippen LogP contribution in [0.5, 0.6) is 0 Å². The highest BCUT2D eigenvalue weighted by Gasteiger charge is 2.08. The third kappa shape index (κ3) is 6.22. The third-order valence-electron chi connectivity index (χ3n) is 1.99. The topological polar surface area (TPSA) is 63.6 Å². The van der Waals surface area contributed by atoms with Crippen LogP contribution in [-0.2, 0) is 14.3 Å². The number of hydrogen-bond donors (Lipinski definition) is 1. The van der Waals surface area contributed by atoms with E-state index in [2.05, 4.69) is 0 Å². The zero-order valence-corrected chi connectivity index (χ0v) is 8.69. The van der Waals surface area contributed by atoms with Crippen LogP contribution >= 0.6 is 0 Å². The van der Waals surface area contributed by atoms with Gasteiger partial charge in [0.2, 0.25) is 0 Å². The highest BCUT2D eigenvalue weighted by Crippen LogP contribution is 2.09. The number of ether oxygens (including phenoxy) is 1. The SMILES string of the molecule is CC(C)C(C)COC(=O)/C=C\C(=O)O. The summed E-state index contributed by atoms with van der Waals surface area (Å²) in [5.74, 6) is -1.05. The average molecular weight is 200 g/mol. The quantitative estimate of drug-likeness (QED) is 0.539. The van der Waals surface area contributed by atoms with Crippen molar-refractivity contribution in [2.24, 2.45) is 11.8 Å². The van der Waals surface area contributed by atoms with Gasteiger partial charge in [-0.3, -0.25) is 0 Å². The van der Waals surface area contributed by atoms with Crippen LogP contribution < -0.4 is 0 Å². The van der Waals surface area contributed by atoms with Crippen LogP contribution in [0.2, 0.25) is 0 Å². The Hall–Kier alpha value is -1.32. The van der Waals surface area contributed by atoms with Crippen LogP contribution in [0, 0.1) is 11.8 Å². The summed E-state index contributed by atoms with van der Waals surface area (Å²) in [6, 6.07) is 0. The van der Waals surface area contributed by atoms with Gasteiger partial charge < -0.3 is 9.84 Å². The maximum atomic E-state index is 10.9. The molecule has 0 bridgehead atoms. The van der Waals surface area contributed by atoms with E-state index in [9.17, 15) is 9.59 Å². The lowest BCUT2D eigenvalue weighted by molar-refractivity contribution is -0.140. The first-order valence-electron chi connectivity index (χ1n) is 4.51. The van der Waals surface area contributed by atoms with E-state index in [0.29, 0.717) is 12.5 Å². The summed E-state index contributed by atoms with van der Waals surface area (Å²) in [6.45, 7) is 6.36. The van der Waals surface area contributed by atoms with Gasteiger partial charge >= 0.3 is 11.9 Å². The summed E-state index contributed by atoms with van der Waals surface area (Å²) in [6.07, 6.45) is 1.68. The Balaban J connectivity index is 3.80. The Bertz CT molecular complexity index is 230. The van der Waals surface area contributed by atoms with Crippen LogP contribution in [0.25, 0.3) is 0 Å². The summed E-state index contributed by atoms with van der Waals surface area (Å²) in [5, 5.41) is 8.23. The molecule has 0 heterocycles. The van der Waals surface area contributed by atoms with Crippen molar-refractivity contribution in [2.45, 2.75) is 20.8 Å².